The fourth-order valence-corrected chi connectivity index (χ4v) is 2.98. The van der Waals surface area contributed by atoms with Gasteiger partial charge in [-0.3, -0.25) is 9.59 Å². The number of amides is 2. The summed E-state index contributed by atoms with van der Waals surface area (Å²) in [7, 11) is 0. The number of rotatable bonds is 5. The van der Waals surface area contributed by atoms with Crippen molar-refractivity contribution in [3.8, 4) is 0 Å². The van der Waals surface area contributed by atoms with E-state index in [1.807, 2.05) is 33.8 Å². The molecule has 2 rings (SSSR count). The number of benzene rings is 1. The van der Waals surface area contributed by atoms with E-state index in [0.717, 1.165) is 11.3 Å². The van der Waals surface area contributed by atoms with Crippen molar-refractivity contribution < 1.29 is 9.59 Å². The lowest BCUT2D eigenvalue weighted by molar-refractivity contribution is -0.122. The number of carbonyl (C=O) groups excluding carboxylic acids is 2. The van der Waals surface area contributed by atoms with Crippen LogP contribution >= 0.6 is 23.4 Å². The molecule has 134 valence electrons. The second-order valence-electron chi connectivity index (χ2n) is 6.11. The zero-order chi connectivity index (χ0) is 18.6. The number of anilines is 1. The lowest BCUT2D eigenvalue weighted by Crippen LogP contribution is -2.28. The van der Waals surface area contributed by atoms with Crippen molar-refractivity contribution in [3.05, 3.63) is 28.8 Å². The Morgan fingerprint density at radius 2 is 2.16 bits per heavy atom. The Balaban J connectivity index is 1.95. The number of hydrogen-bond donors (Lipinski definition) is 2. The van der Waals surface area contributed by atoms with Crippen LogP contribution in [0.3, 0.4) is 0 Å². The number of nitrogens with zero attached hydrogens (tertiary/aromatic N) is 2. The van der Waals surface area contributed by atoms with E-state index in [0.29, 0.717) is 15.9 Å². The molecule has 2 N–H and O–H groups in total. The lowest BCUT2D eigenvalue weighted by atomic mass is 10.1. The Kier molecular flexibility index (Phi) is 6.61. The van der Waals surface area contributed by atoms with Crippen LogP contribution in [0.1, 0.15) is 32.8 Å². The average molecular weight is 381 g/mol. The van der Waals surface area contributed by atoms with Gasteiger partial charge in [-0.1, -0.05) is 43.3 Å². The molecule has 6 nitrogen and oxygen atoms in total. The molecule has 1 aromatic rings. The predicted molar refractivity (Wildman–Crippen MR) is 104 cm³/mol. The number of hydrogen-bond acceptors (Lipinski definition) is 5. The van der Waals surface area contributed by atoms with Crippen LogP contribution in [0.2, 0.25) is 5.02 Å². The first-order valence-electron chi connectivity index (χ1n) is 7.92. The lowest BCUT2D eigenvalue weighted by Gasteiger charge is -2.08. The third-order valence-electron chi connectivity index (χ3n) is 3.74. The Morgan fingerprint density at radius 1 is 1.44 bits per heavy atom. The van der Waals surface area contributed by atoms with Gasteiger partial charge in [-0.15, -0.1) is 5.10 Å². The molecule has 0 saturated carbocycles. The van der Waals surface area contributed by atoms with Crippen molar-refractivity contribution in [2.45, 2.75) is 39.4 Å². The smallest absolute Gasteiger partial charge is 0.240 e. The summed E-state index contributed by atoms with van der Waals surface area (Å²) in [5.41, 5.74) is 2.42. The third-order valence-corrected chi connectivity index (χ3v) is 5.22. The molecule has 1 atom stereocenters. The highest BCUT2D eigenvalue weighted by Crippen LogP contribution is 2.24. The quantitative estimate of drug-likeness (QED) is 0.604. The number of nitrogens with one attached hydrogen (secondary N) is 2. The molecule has 1 aromatic carbocycles. The maximum Gasteiger partial charge on any atom is 0.240 e. The van der Waals surface area contributed by atoms with E-state index in [4.69, 9.17) is 11.6 Å². The summed E-state index contributed by atoms with van der Waals surface area (Å²) in [5.74, 6) is -0.205. The van der Waals surface area contributed by atoms with Crippen molar-refractivity contribution in [2.75, 3.05) is 5.32 Å². The molecular formula is C17H21ClN4O2S. The summed E-state index contributed by atoms with van der Waals surface area (Å²) in [5, 5.41) is 14.0. The van der Waals surface area contributed by atoms with E-state index < -0.39 is 5.25 Å². The maximum absolute atomic E-state index is 12.2. The summed E-state index contributed by atoms with van der Waals surface area (Å²) in [6, 6.07) is 5.29. The largest absolute Gasteiger partial charge is 0.326 e. The van der Waals surface area contributed by atoms with Crippen molar-refractivity contribution in [1.29, 1.82) is 0 Å². The van der Waals surface area contributed by atoms with Crippen LogP contribution in [0.15, 0.2) is 28.4 Å². The SMILES string of the molecule is CC(=NN=C1NC(=O)[C@H](CC(=O)Nc2ccc(C)c(Cl)c2)S1)C(C)C. The topological polar surface area (TPSA) is 82.9 Å². The van der Waals surface area contributed by atoms with Gasteiger partial charge in [0.05, 0.1) is 0 Å². The van der Waals surface area contributed by atoms with Gasteiger partial charge >= 0.3 is 0 Å². The average Bonchev–Trinajstić information content (AvgIpc) is 2.88. The number of amidine groups is 1. The first-order chi connectivity index (χ1) is 11.8. The minimum atomic E-state index is -0.519. The van der Waals surface area contributed by atoms with Gasteiger partial charge in [-0.05, 0) is 37.5 Å². The summed E-state index contributed by atoms with van der Waals surface area (Å²) >= 11 is 7.26. The van der Waals surface area contributed by atoms with Gasteiger partial charge in [0.1, 0.15) is 5.25 Å². The second kappa shape index (κ2) is 8.49. The highest BCUT2D eigenvalue weighted by atomic mass is 35.5. The first-order valence-corrected chi connectivity index (χ1v) is 9.17. The number of halogens is 1. The normalized spacial score (nSPS) is 19.4. The van der Waals surface area contributed by atoms with E-state index in [1.165, 1.54) is 11.8 Å². The van der Waals surface area contributed by atoms with Gasteiger partial charge in [0.15, 0.2) is 5.17 Å². The Hall–Kier alpha value is -1.86. The van der Waals surface area contributed by atoms with Crippen LogP contribution in [-0.4, -0.2) is 27.9 Å². The van der Waals surface area contributed by atoms with E-state index in [1.54, 1.807) is 12.1 Å². The molecular weight excluding hydrogens is 360 g/mol. The van der Waals surface area contributed by atoms with Gasteiger partial charge in [0, 0.05) is 22.8 Å². The molecule has 1 saturated heterocycles. The van der Waals surface area contributed by atoms with Crippen molar-refractivity contribution in [2.24, 2.45) is 16.1 Å². The van der Waals surface area contributed by atoms with Gasteiger partial charge in [0.25, 0.3) is 0 Å². The molecule has 0 spiro atoms. The van der Waals surface area contributed by atoms with Crippen LogP contribution in [0.4, 0.5) is 5.69 Å². The third kappa shape index (κ3) is 5.57. The van der Waals surface area contributed by atoms with Gasteiger partial charge in [-0.2, -0.15) is 5.10 Å². The highest BCUT2D eigenvalue weighted by Gasteiger charge is 2.32. The molecule has 0 radical (unpaired) electrons. The molecule has 2 amide bonds. The van der Waals surface area contributed by atoms with Crippen LogP contribution in [0, 0.1) is 12.8 Å². The fourth-order valence-electron chi connectivity index (χ4n) is 1.88. The molecule has 1 fully saturated rings. The summed E-state index contributed by atoms with van der Waals surface area (Å²) in [4.78, 5) is 24.1. The summed E-state index contributed by atoms with van der Waals surface area (Å²) in [6.45, 7) is 7.80. The maximum atomic E-state index is 12.2. The standard InChI is InChI=1S/C17H21ClN4O2S/c1-9(2)11(4)21-22-17-20-16(24)14(25-17)8-15(23)19-12-6-5-10(3)13(18)7-12/h5-7,9,14H,8H2,1-4H3,(H,19,23)(H,20,22,24)/t14-/m0/s1. The first kappa shape index (κ1) is 19.5. The van der Waals surface area contributed by atoms with Crippen LogP contribution in [0.5, 0.6) is 0 Å². The van der Waals surface area contributed by atoms with E-state index in [-0.39, 0.29) is 24.2 Å². The molecule has 8 heteroatoms. The minimum Gasteiger partial charge on any atom is -0.326 e. The summed E-state index contributed by atoms with van der Waals surface area (Å²) in [6.07, 6.45) is 0.0495. The van der Waals surface area contributed by atoms with Crippen molar-refractivity contribution >= 4 is 51.7 Å². The Bertz CT molecular complexity index is 746. The van der Waals surface area contributed by atoms with Crippen molar-refractivity contribution in [3.63, 3.8) is 0 Å². The molecule has 0 unspecified atom stereocenters. The molecule has 0 aromatic heterocycles. The number of aryl methyl sites for hydroxylation is 1. The molecule has 0 bridgehead atoms. The van der Waals surface area contributed by atoms with E-state index >= 15 is 0 Å². The highest BCUT2D eigenvalue weighted by molar-refractivity contribution is 8.15. The Labute approximate surface area is 156 Å². The van der Waals surface area contributed by atoms with Crippen LogP contribution in [0.25, 0.3) is 0 Å². The molecule has 1 heterocycles. The predicted octanol–water partition coefficient (Wildman–Crippen LogP) is 3.60. The number of thioether (sulfide) groups is 1. The summed E-state index contributed by atoms with van der Waals surface area (Å²) < 4.78 is 0. The van der Waals surface area contributed by atoms with Gasteiger partial charge < -0.3 is 10.6 Å². The monoisotopic (exact) mass is 380 g/mol. The molecule has 0 aliphatic carbocycles. The zero-order valence-electron chi connectivity index (χ0n) is 14.6. The van der Waals surface area contributed by atoms with Gasteiger partial charge in [-0.25, -0.2) is 0 Å². The number of carbonyl (C=O) groups is 2. The fraction of sp³-hybridized carbons (Fsp3) is 0.412. The zero-order valence-corrected chi connectivity index (χ0v) is 16.2. The van der Waals surface area contributed by atoms with Crippen LogP contribution < -0.4 is 10.6 Å². The molecule has 25 heavy (non-hydrogen) atoms. The van der Waals surface area contributed by atoms with E-state index in [2.05, 4.69) is 20.8 Å². The van der Waals surface area contributed by atoms with Crippen molar-refractivity contribution in [1.82, 2.24) is 5.32 Å². The second-order valence-corrected chi connectivity index (χ2v) is 7.71. The van der Waals surface area contributed by atoms with Crippen LogP contribution in [-0.2, 0) is 9.59 Å². The molecule has 1 aliphatic heterocycles. The minimum absolute atomic E-state index is 0.0495. The van der Waals surface area contributed by atoms with E-state index in [9.17, 15) is 9.59 Å². The Morgan fingerprint density at radius 3 is 2.80 bits per heavy atom. The molecule has 1 aliphatic rings. The van der Waals surface area contributed by atoms with Gasteiger partial charge in [0.2, 0.25) is 11.8 Å².